The summed E-state index contributed by atoms with van der Waals surface area (Å²) in [5.41, 5.74) is 0.915. The number of benzene rings is 1. The Labute approximate surface area is 130 Å². The van der Waals surface area contributed by atoms with Crippen LogP contribution < -0.4 is 0 Å². The topological polar surface area (TPSA) is 57.6 Å². The Kier molecular flexibility index (Phi) is 3.87. The zero-order chi connectivity index (χ0) is 15.0. The summed E-state index contributed by atoms with van der Waals surface area (Å²) in [4.78, 5) is 25.0. The minimum Gasteiger partial charge on any atom is -0.480 e. The van der Waals surface area contributed by atoms with Gasteiger partial charge in [0, 0.05) is 16.3 Å². The number of carboxylic acids is 1. The van der Waals surface area contributed by atoms with E-state index in [0.29, 0.717) is 18.0 Å². The van der Waals surface area contributed by atoms with E-state index >= 15 is 0 Å². The quantitative estimate of drug-likeness (QED) is 0.943. The molecule has 2 heterocycles. The van der Waals surface area contributed by atoms with Gasteiger partial charge in [-0.3, -0.25) is 4.79 Å². The molecule has 0 bridgehead atoms. The van der Waals surface area contributed by atoms with Gasteiger partial charge < -0.3 is 10.0 Å². The maximum atomic E-state index is 12.4. The van der Waals surface area contributed by atoms with Gasteiger partial charge in [-0.2, -0.15) is 0 Å². The number of hydrogen-bond acceptors (Lipinski definition) is 3. The van der Waals surface area contributed by atoms with Crippen molar-refractivity contribution in [2.24, 2.45) is 0 Å². The Balaban J connectivity index is 1.83. The maximum Gasteiger partial charge on any atom is 0.326 e. The number of nitrogens with zero attached hydrogens (tertiary/aromatic N) is 1. The number of amides is 1. The van der Waals surface area contributed by atoms with Gasteiger partial charge >= 0.3 is 5.97 Å². The predicted octanol–water partition coefficient (Wildman–Crippen LogP) is 3.17. The summed E-state index contributed by atoms with van der Waals surface area (Å²) in [5.74, 6) is -1.04. The van der Waals surface area contributed by atoms with Crippen LogP contribution in [0, 0.1) is 0 Å². The minimum absolute atomic E-state index is 0.125. The lowest BCUT2D eigenvalue weighted by Crippen LogP contribution is -2.41. The number of halogens is 1. The highest BCUT2D eigenvalue weighted by Crippen LogP contribution is 2.30. The Hall–Kier alpha value is -1.59. The lowest BCUT2D eigenvalue weighted by molar-refractivity contribution is -0.147. The first-order valence-corrected chi connectivity index (χ1v) is 8.00. The van der Waals surface area contributed by atoms with Gasteiger partial charge in [0.15, 0.2) is 0 Å². The molecule has 0 spiro atoms. The molecule has 2 aromatic rings. The van der Waals surface area contributed by atoms with Gasteiger partial charge in [-0.25, -0.2) is 4.79 Å². The Morgan fingerprint density at radius 1 is 1.43 bits per heavy atom. The van der Waals surface area contributed by atoms with Crippen molar-refractivity contribution in [2.45, 2.75) is 25.3 Å². The third-order valence-corrected chi connectivity index (χ3v) is 5.06. The van der Waals surface area contributed by atoms with Crippen LogP contribution in [0.25, 0.3) is 10.1 Å². The first kappa shape index (κ1) is 14.4. The average molecular weight is 324 g/mol. The highest BCUT2D eigenvalue weighted by molar-refractivity contribution is 7.17. The van der Waals surface area contributed by atoms with Crippen LogP contribution in [-0.4, -0.2) is 34.5 Å². The van der Waals surface area contributed by atoms with Crippen molar-refractivity contribution < 1.29 is 14.7 Å². The van der Waals surface area contributed by atoms with Crippen LogP contribution in [0.3, 0.4) is 0 Å². The van der Waals surface area contributed by atoms with Crippen molar-refractivity contribution in [2.75, 3.05) is 6.54 Å². The largest absolute Gasteiger partial charge is 0.480 e. The molecule has 0 unspecified atom stereocenters. The maximum absolute atomic E-state index is 12.4. The molecule has 0 saturated carbocycles. The van der Waals surface area contributed by atoms with Crippen molar-refractivity contribution in [3.8, 4) is 0 Å². The molecule has 6 heteroatoms. The van der Waals surface area contributed by atoms with Gasteiger partial charge in [-0.15, -0.1) is 11.3 Å². The fourth-order valence-electron chi connectivity index (χ4n) is 2.78. The predicted molar refractivity (Wildman–Crippen MR) is 82.9 cm³/mol. The van der Waals surface area contributed by atoms with Gasteiger partial charge in [-0.1, -0.05) is 11.6 Å². The third-order valence-electron chi connectivity index (χ3n) is 3.82. The highest BCUT2D eigenvalue weighted by Gasteiger charge is 2.33. The molecule has 1 aromatic carbocycles. The number of carboxylic acid groups (broad SMARTS) is 1. The summed E-state index contributed by atoms with van der Waals surface area (Å²) in [6.45, 7) is 0.526. The van der Waals surface area contributed by atoms with E-state index in [1.807, 2.05) is 23.6 Å². The summed E-state index contributed by atoms with van der Waals surface area (Å²) in [7, 11) is 0. The van der Waals surface area contributed by atoms with E-state index in [1.165, 1.54) is 4.90 Å². The van der Waals surface area contributed by atoms with E-state index in [4.69, 9.17) is 16.7 Å². The second-order valence-electron chi connectivity index (χ2n) is 5.16. The first-order chi connectivity index (χ1) is 10.1. The molecule has 1 aliphatic rings. The molecule has 4 nitrogen and oxygen atoms in total. The van der Waals surface area contributed by atoms with Crippen LogP contribution >= 0.6 is 22.9 Å². The molecular weight excluding hydrogens is 310 g/mol. The van der Waals surface area contributed by atoms with Crippen LogP contribution in [-0.2, 0) is 16.0 Å². The van der Waals surface area contributed by atoms with Crippen molar-refractivity contribution >= 4 is 44.9 Å². The normalized spacial score (nSPS) is 18.3. The van der Waals surface area contributed by atoms with Gasteiger partial charge in [0.05, 0.1) is 6.42 Å². The first-order valence-electron chi connectivity index (χ1n) is 6.74. The molecule has 1 fully saturated rings. The monoisotopic (exact) mass is 323 g/mol. The standard InChI is InChI=1S/C15H14ClNO3S/c16-10-3-4-13-11(7-10)9(8-21-13)6-14(18)17-5-1-2-12(17)15(19)20/h3-4,7-8,12H,1-2,5-6H2,(H,19,20)/t12-/m1/s1. The number of carbonyl (C=O) groups is 2. The lowest BCUT2D eigenvalue weighted by Gasteiger charge is -2.21. The summed E-state index contributed by atoms with van der Waals surface area (Å²) in [6, 6.07) is 4.94. The molecule has 0 radical (unpaired) electrons. The fourth-order valence-corrected chi connectivity index (χ4v) is 3.89. The lowest BCUT2D eigenvalue weighted by atomic mass is 10.1. The number of carbonyl (C=O) groups excluding carboxylic acids is 1. The van der Waals surface area contributed by atoms with E-state index in [0.717, 1.165) is 22.1 Å². The SMILES string of the molecule is O=C(O)[C@H]1CCCN1C(=O)Cc1csc2ccc(Cl)cc12. The molecular formula is C15H14ClNO3S. The zero-order valence-electron chi connectivity index (χ0n) is 11.2. The molecule has 21 heavy (non-hydrogen) atoms. The number of rotatable bonds is 3. The number of thiophene rings is 1. The molecule has 1 aromatic heterocycles. The van der Waals surface area contributed by atoms with Crippen LogP contribution in [0.2, 0.25) is 5.02 Å². The summed E-state index contributed by atoms with van der Waals surface area (Å²) < 4.78 is 1.08. The van der Waals surface area contributed by atoms with Gasteiger partial charge in [0.25, 0.3) is 0 Å². The summed E-state index contributed by atoms with van der Waals surface area (Å²) >= 11 is 7.58. The Morgan fingerprint density at radius 2 is 2.24 bits per heavy atom. The molecule has 1 atom stereocenters. The summed E-state index contributed by atoms with van der Waals surface area (Å²) in [5, 5.41) is 12.7. The number of likely N-dealkylation sites (tertiary alicyclic amines) is 1. The smallest absolute Gasteiger partial charge is 0.326 e. The number of aliphatic carboxylic acids is 1. The molecule has 110 valence electrons. The third kappa shape index (κ3) is 2.76. The van der Waals surface area contributed by atoms with Gasteiger partial charge in [0.2, 0.25) is 5.91 Å². The molecule has 1 N–H and O–H groups in total. The van der Waals surface area contributed by atoms with E-state index in [1.54, 1.807) is 11.3 Å². The van der Waals surface area contributed by atoms with Crippen molar-refractivity contribution in [1.29, 1.82) is 0 Å². The minimum atomic E-state index is -0.918. The van der Waals surface area contributed by atoms with Crippen LogP contribution in [0.4, 0.5) is 0 Å². The fraction of sp³-hybridized carbons (Fsp3) is 0.333. The van der Waals surface area contributed by atoms with Crippen molar-refractivity contribution in [3.05, 3.63) is 34.2 Å². The van der Waals surface area contributed by atoms with E-state index < -0.39 is 12.0 Å². The zero-order valence-corrected chi connectivity index (χ0v) is 12.8. The van der Waals surface area contributed by atoms with Gasteiger partial charge in [0.1, 0.15) is 6.04 Å². The second-order valence-corrected chi connectivity index (χ2v) is 6.51. The number of hydrogen-bond donors (Lipinski definition) is 1. The van der Waals surface area contributed by atoms with Crippen LogP contribution in [0.15, 0.2) is 23.6 Å². The highest BCUT2D eigenvalue weighted by atomic mass is 35.5. The van der Waals surface area contributed by atoms with Crippen molar-refractivity contribution in [3.63, 3.8) is 0 Å². The molecule has 0 aliphatic carbocycles. The molecule has 1 saturated heterocycles. The van der Waals surface area contributed by atoms with Crippen molar-refractivity contribution in [1.82, 2.24) is 4.90 Å². The van der Waals surface area contributed by atoms with E-state index in [-0.39, 0.29) is 12.3 Å². The van der Waals surface area contributed by atoms with E-state index in [9.17, 15) is 9.59 Å². The number of fused-ring (bicyclic) bond motifs is 1. The Bertz CT molecular complexity index is 712. The van der Waals surface area contributed by atoms with Crippen LogP contribution in [0.1, 0.15) is 18.4 Å². The van der Waals surface area contributed by atoms with E-state index in [2.05, 4.69) is 0 Å². The average Bonchev–Trinajstić information content (AvgIpc) is 3.06. The molecule has 1 aliphatic heterocycles. The summed E-state index contributed by atoms with van der Waals surface area (Å²) in [6.07, 6.45) is 1.51. The molecule has 3 rings (SSSR count). The van der Waals surface area contributed by atoms with Crippen LogP contribution in [0.5, 0.6) is 0 Å². The Morgan fingerprint density at radius 3 is 3.00 bits per heavy atom. The van der Waals surface area contributed by atoms with Gasteiger partial charge in [-0.05, 0) is 47.4 Å². The molecule has 1 amide bonds. The second kappa shape index (κ2) is 5.66.